The number of rotatable bonds is 5. The Morgan fingerprint density at radius 2 is 2.27 bits per heavy atom. The van der Waals surface area contributed by atoms with E-state index in [1.54, 1.807) is 0 Å². The van der Waals surface area contributed by atoms with Crippen LogP contribution in [-0.4, -0.2) is 37.0 Å². The second-order valence-corrected chi connectivity index (χ2v) is 6.68. The van der Waals surface area contributed by atoms with Crippen LogP contribution in [0.25, 0.3) is 0 Å². The molecule has 0 radical (unpaired) electrons. The summed E-state index contributed by atoms with van der Waals surface area (Å²) in [6.07, 6.45) is 1.99. The maximum atomic E-state index is 12.1. The molecule has 0 aromatic heterocycles. The van der Waals surface area contributed by atoms with E-state index in [2.05, 4.69) is 26.1 Å². The topological polar surface area (TPSA) is 58.4 Å². The minimum absolute atomic E-state index is 0. The van der Waals surface area contributed by atoms with E-state index in [-0.39, 0.29) is 24.2 Å². The maximum Gasteiger partial charge on any atom is 0.224 e. The van der Waals surface area contributed by atoms with Gasteiger partial charge < -0.3 is 11.1 Å². The number of carbonyl (C=O) groups is 1. The summed E-state index contributed by atoms with van der Waals surface area (Å²) in [5.41, 5.74) is 6.58. The fourth-order valence-electron chi connectivity index (χ4n) is 2.66. The van der Waals surface area contributed by atoms with E-state index in [1.807, 2.05) is 18.2 Å². The molecule has 1 unspecified atom stereocenters. The van der Waals surface area contributed by atoms with E-state index in [9.17, 15) is 4.79 Å². The van der Waals surface area contributed by atoms with E-state index in [0.717, 1.165) is 47.5 Å². The van der Waals surface area contributed by atoms with Gasteiger partial charge in [-0.3, -0.25) is 9.69 Å². The van der Waals surface area contributed by atoms with Gasteiger partial charge in [-0.05, 0) is 43.1 Å². The third kappa shape index (κ3) is 5.70. The standard InChI is InChI=1S/C15H21BrClN3O.ClH/c16-14-4-3-13(17)8-12(14)10-20-7-1-2-11(9-20)15(21)19-6-5-18;/h3-4,8,11H,1-2,5-7,9-10,18H2,(H,19,21);1H. The van der Waals surface area contributed by atoms with Crippen molar-refractivity contribution in [3.05, 3.63) is 33.3 Å². The first-order valence-electron chi connectivity index (χ1n) is 7.24. The van der Waals surface area contributed by atoms with Crippen LogP contribution in [0.3, 0.4) is 0 Å². The molecule has 0 saturated carbocycles. The summed E-state index contributed by atoms with van der Waals surface area (Å²) in [6.45, 7) is 3.64. The number of nitrogens with zero attached hydrogens (tertiary/aromatic N) is 1. The van der Waals surface area contributed by atoms with Gasteiger partial charge in [0.05, 0.1) is 5.92 Å². The summed E-state index contributed by atoms with van der Waals surface area (Å²) >= 11 is 9.61. The molecule has 1 fully saturated rings. The van der Waals surface area contributed by atoms with Gasteiger partial charge in [0.2, 0.25) is 5.91 Å². The van der Waals surface area contributed by atoms with Crippen molar-refractivity contribution >= 4 is 45.8 Å². The van der Waals surface area contributed by atoms with Gasteiger partial charge in [-0.2, -0.15) is 0 Å². The van der Waals surface area contributed by atoms with Crippen molar-refractivity contribution < 1.29 is 4.79 Å². The number of hydrogen-bond donors (Lipinski definition) is 2. The van der Waals surface area contributed by atoms with Crippen molar-refractivity contribution in [2.45, 2.75) is 19.4 Å². The third-order valence-electron chi connectivity index (χ3n) is 3.72. The summed E-state index contributed by atoms with van der Waals surface area (Å²) in [5.74, 6) is 0.179. The Morgan fingerprint density at radius 1 is 1.50 bits per heavy atom. The van der Waals surface area contributed by atoms with E-state index >= 15 is 0 Å². The average Bonchev–Trinajstić information content (AvgIpc) is 2.49. The molecule has 124 valence electrons. The van der Waals surface area contributed by atoms with E-state index in [0.29, 0.717) is 13.1 Å². The molecular formula is C15H22BrCl2N3O. The van der Waals surface area contributed by atoms with Crippen LogP contribution in [0.2, 0.25) is 5.02 Å². The largest absolute Gasteiger partial charge is 0.355 e. The number of nitrogens with one attached hydrogen (secondary N) is 1. The van der Waals surface area contributed by atoms with Gasteiger partial charge in [0, 0.05) is 35.7 Å². The van der Waals surface area contributed by atoms with Gasteiger partial charge >= 0.3 is 0 Å². The normalized spacial score (nSPS) is 18.6. The number of nitrogens with two attached hydrogens (primary N) is 1. The van der Waals surface area contributed by atoms with Gasteiger partial charge in [-0.15, -0.1) is 12.4 Å². The van der Waals surface area contributed by atoms with E-state index in [4.69, 9.17) is 17.3 Å². The second-order valence-electron chi connectivity index (χ2n) is 5.39. The van der Waals surface area contributed by atoms with Crippen LogP contribution in [0.1, 0.15) is 18.4 Å². The van der Waals surface area contributed by atoms with Crippen molar-refractivity contribution in [2.75, 3.05) is 26.2 Å². The summed E-state index contributed by atoms with van der Waals surface area (Å²) in [7, 11) is 0. The molecule has 0 aliphatic carbocycles. The van der Waals surface area contributed by atoms with Crippen molar-refractivity contribution in [3.8, 4) is 0 Å². The molecule has 2 rings (SSSR count). The lowest BCUT2D eigenvalue weighted by molar-refractivity contribution is -0.126. The minimum Gasteiger partial charge on any atom is -0.355 e. The predicted molar refractivity (Wildman–Crippen MR) is 96.5 cm³/mol. The van der Waals surface area contributed by atoms with Crippen LogP contribution in [0, 0.1) is 5.92 Å². The zero-order chi connectivity index (χ0) is 15.2. The summed E-state index contributed by atoms with van der Waals surface area (Å²) < 4.78 is 1.06. The molecule has 1 saturated heterocycles. The Morgan fingerprint density at radius 3 is 3.00 bits per heavy atom. The van der Waals surface area contributed by atoms with E-state index < -0.39 is 0 Å². The molecule has 0 spiro atoms. The molecule has 1 aromatic rings. The number of piperidine rings is 1. The summed E-state index contributed by atoms with van der Waals surface area (Å²) in [6, 6.07) is 5.81. The first kappa shape index (κ1) is 19.7. The van der Waals surface area contributed by atoms with Gasteiger partial charge in [0.1, 0.15) is 0 Å². The predicted octanol–water partition coefficient (Wildman–Crippen LogP) is 2.81. The highest BCUT2D eigenvalue weighted by Crippen LogP contribution is 2.25. The number of benzene rings is 1. The van der Waals surface area contributed by atoms with Crippen LogP contribution >= 0.6 is 39.9 Å². The lowest BCUT2D eigenvalue weighted by Gasteiger charge is -2.32. The molecule has 1 heterocycles. The van der Waals surface area contributed by atoms with Gasteiger partial charge in [0.15, 0.2) is 0 Å². The molecule has 0 bridgehead atoms. The highest BCUT2D eigenvalue weighted by molar-refractivity contribution is 9.10. The van der Waals surface area contributed by atoms with Crippen molar-refractivity contribution in [1.29, 1.82) is 0 Å². The average molecular weight is 411 g/mol. The van der Waals surface area contributed by atoms with Crippen molar-refractivity contribution in [1.82, 2.24) is 10.2 Å². The second kappa shape index (κ2) is 9.73. The van der Waals surface area contributed by atoms with Crippen LogP contribution < -0.4 is 11.1 Å². The van der Waals surface area contributed by atoms with Gasteiger partial charge in [-0.1, -0.05) is 27.5 Å². The highest BCUT2D eigenvalue weighted by atomic mass is 79.9. The Hall–Kier alpha value is -0.330. The smallest absolute Gasteiger partial charge is 0.224 e. The van der Waals surface area contributed by atoms with Gasteiger partial charge in [-0.25, -0.2) is 0 Å². The number of hydrogen-bond acceptors (Lipinski definition) is 3. The van der Waals surface area contributed by atoms with Crippen molar-refractivity contribution in [2.24, 2.45) is 11.7 Å². The lowest BCUT2D eigenvalue weighted by atomic mass is 9.96. The first-order chi connectivity index (χ1) is 10.1. The molecule has 7 heteroatoms. The zero-order valence-corrected chi connectivity index (χ0v) is 15.5. The molecule has 1 aromatic carbocycles. The zero-order valence-electron chi connectivity index (χ0n) is 12.4. The molecule has 22 heavy (non-hydrogen) atoms. The first-order valence-corrected chi connectivity index (χ1v) is 8.41. The van der Waals surface area contributed by atoms with Crippen LogP contribution in [-0.2, 0) is 11.3 Å². The Balaban J connectivity index is 0.00000242. The fourth-order valence-corrected chi connectivity index (χ4v) is 3.22. The minimum atomic E-state index is 0. The Labute approximate surface area is 151 Å². The van der Waals surface area contributed by atoms with Crippen LogP contribution in [0.15, 0.2) is 22.7 Å². The summed E-state index contributed by atoms with van der Waals surface area (Å²) in [4.78, 5) is 14.4. The Kier molecular flexibility index (Phi) is 8.72. The van der Waals surface area contributed by atoms with Crippen LogP contribution in [0.5, 0.6) is 0 Å². The van der Waals surface area contributed by atoms with Crippen molar-refractivity contribution in [3.63, 3.8) is 0 Å². The van der Waals surface area contributed by atoms with Gasteiger partial charge in [0.25, 0.3) is 0 Å². The summed E-state index contributed by atoms with van der Waals surface area (Å²) in [5, 5.41) is 3.62. The molecule has 1 amide bonds. The molecule has 1 aliphatic rings. The number of likely N-dealkylation sites (tertiary alicyclic amines) is 1. The Bertz CT molecular complexity index is 502. The lowest BCUT2D eigenvalue weighted by Crippen LogP contribution is -2.43. The maximum absolute atomic E-state index is 12.1. The molecule has 1 aliphatic heterocycles. The molecule has 4 nitrogen and oxygen atoms in total. The number of halogens is 3. The monoisotopic (exact) mass is 409 g/mol. The third-order valence-corrected chi connectivity index (χ3v) is 4.73. The number of carbonyl (C=O) groups excluding carboxylic acids is 1. The van der Waals surface area contributed by atoms with Crippen LogP contribution in [0.4, 0.5) is 0 Å². The quantitative estimate of drug-likeness (QED) is 0.784. The van der Waals surface area contributed by atoms with E-state index in [1.165, 1.54) is 0 Å². The fraction of sp³-hybridized carbons (Fsp3) is 0.533. The highest BCUT2D eigenvalue weighted by Gasteiger charge is 2.25. The molecule has 3 N–H and O–H groups in total. The SMILES string of the molecule is Cl.NCCNC(=O)C1CCCN(Cc2cc(Cl)ccc2Br)C1. The number of amides is 1. The molecular weight excluding hydrogens is 389 g/mol. The molecule has 1 atom stereocenters.